The van der Waals surface area contributed by atoms with Gasteiger partial charge < -0.3 is 9.64 Å². The number of benzene rings is 1. The number of ketones is 1. The van der Waals surface area contributed by atoms with Crippen LogP contribution in [0.25, 0.3) is 0 Å². The standard InChI is InChI=1S/C15H16N4O3/c1-10-4-3-5-13-15(10)19(6-7-22-13)14(21)9-18-8-12(11(2)20)16-17-18/h3-5,8H,6-7,9H2,1-2H3. The van der Waals surface area contributed by atoms with Crippen molar-refractivity contribution in [2.24, 2.45) is 0 Å². The van der Waals surface area contributed by atoms with Crippen LogP contribution < -0.4 is 9.64 Å². The fourth-order valence-corrected chi connectivity index (χ4v) is 2.46. The predicted octanol–water partition coefficient (Wildman–Crippen LogP) is 1.21. The Bertz CT molecular complexity index is 738. The molecule has 0 fully saturated rings. The fraction of sp³-hybridized carbons (Fsp3) is 0.333. The summed E-state index contributed by atoms with van der Waals surface area (Å²) in [6, 6.07) is 5.70. The van der Waals surface area contributed by atoms with Gasteiger partial charge in [-0.15, -0.1) is 5.10 Å². The van der Waals surface area contributed by atoms with E-state index < -0.39 is 0 Å². The summed E-state index contributed by atoms with van der Waals surface area (Å²) in [5, 5.41) is 7.56. The smallest absolute Gasteiger partial charge is 0.249 e. The van der Waals surface area contributed by atoms with E-state index in [2.05, 4.69) is 10.3 Å². The number of carbonyl (C=O) groups excluding carboxylic acids is 2. The van der Waals surface area contributed by atoms with Gasteiger partial charge in [-0.25, -0.2) is 4.68 Å². The molecule has 1 aliphatic rings. The summed E-state index contributed by atoms with van der Waals surface area (Å²) in [5.41, 5.74) is 2.03. The van der Waals surface area contributed by atoms with Crippen LogP contribution in [0.4, 0.5) is 5.69 Å². The number of hydrogen-bond donors (Lipinski definition) is 0. The Labute approximate surface area is 127 Å². The minimum Gasteiger partial charge on any atom is -0.490 e. The lowest BCUT2D eigenvalue weighted by atomic mass is 10.1. The van der Waals surface area contributed by atoms with Crippen LogP contribution in [0.5, 0.6) is 5.75 Å². The number of para-hydroxylation sites is 1. The first-order valence-electron chi connectivity index (χ1n) is 7.00. The Hall–Kier alpha value is -2.70. The van der Waals surface area contributed by atoms with Gasteiger partial charge in [-0.3, -0.25) is 9.59 Å². The molecule has 0 aliphatic carbocycles. The van der Waals surface area contributed by atoms with Gasteiger partial charge in [0.2, 0.25) is 5.91 Å². The maximum atomic E-state index is 12.6. The van der Waals surface area contributed by atoms with Crippen molar-refractivity contribution in [3.63, 3.8) is 0 Å². The third-order valence-corrected chi connectivity index (χ3v) is 3.54. The molecule has 1 aromatic heterocycles. The van der Waals surface area contributed by atoms with Crippen molar-refractivity contribution in [1.82, 2.24) is 15.0 Å². The largest absolute Gasteiger partial charge is 0.490 e. The maximum absolute atomic E-state index is 12.6. The van der Waals surface area contributed by atoms with Crippen molar-refractivity contribution in [3.8, 4) is 5.75 Å². The quantitative estimate of drug-likeness (QED) is 0.796. The molecule has 2 aromatic rings. The first-order valence-corrected chi connectivity index (χ1v) is 7.00. The van der Waals surface area contributed by atoms with Crippen molar-refractivity contribution in [2.45, 2.75) is 20.4 Å². The molecule has 114 valence electrons. The normalized spacial score (nSPS) is 13.5. The highest BCUT2D eigenvalue weighted by Gasteiger charge is 2.25. The molecule has 0 bridgehead atoms. The van der Waals surface area contributed by atoms with Crippen LogP contribution in [-0.4, -0.2) is 39.8 Å². The summed E-state index contributed by atoms with van der Waals surface area (Å²) in [6.45, 7) is 4.34. The van der Waals surface area contributed by atoms with Gasteiger partial charge in [-0.05, 0) is 18.6 Å². The molecule has 7 nitrogen and oxygen atoms in total. The molecule has 3 rings (SSSR count). The van der Waals surface area contributed by atoms with Gasteiger partial charge in [0.15, 0.2) is 5.78 Å². The number of carbonyl (C=O) groups is 2. The van der Waals surface area contributed by atoms with Crippen molar-refractivity contribution in [1.29, 1.82) is 0 Å². The van der Waals surface area contributed by atoms with E-state index >= 15 is 0 Å². The maximum Gasteiger partial charge on any atom is 0.249 e. The minimum atomic E-state index is -0.175. The highest BCUT2D eigenvalue weighted by molar-refractivity contribution is 5.96. The van der Waals surface area contributed by atoms with E-state index in [0.717, 1.165) is 11.3 Å². The highest BCUT2D eigenvalue weighted by Crippen LogP contribution is 2.34. The van der Waals surface area contributed by atoms with E-state index in [1.165, 1.54) is 17.8 Å². The zero-order chi connectivity index (χ0) is 15.7. The lowest BCUT2D eigenvalue weighted by molar-refractivity contribution is -0.119. The Morgan fingerprint density at radius 3 is 2.91 bits per heavy atom. The molecular formula is C15H16N4O3. The molecule has 1 amide bonds. The van der Waals surface area contributed by atoms with Gasteiger partial charge in [0.25, 0.3) is 0 Å². The molecule has 0 radical (unpaired) electrons. The molecule has 0 spiro atoms. The van der Waals surface area contributed by atoms with E-state index in [9.17, 15) is 9.59 Å². The molecule has 0 unspecified atom stereocenters. The van der Waals surface area contributed by atoms with Gasteiger partial charge in [0.1, 0.15) is 24.6 Å². The van der Waals surface area contributed by atoms with E-state index in [1.807, 2.05) is 25.1 Å². The molecular weight excluding hydrogens is 284 g/mol. The molecule has 22 heavy (non-hydrogen) atoms. The van der Waals surface area contributed by atoms with Gasteiger partial charge in [0, 0.05) is 6.92 Å². The van der Waals surface area contributed by atoms with E-state index in [4.69, 9.17) is 4.74 Å². The summed E-state index contributed by atoms with van der Waals surface area (Å²) in [6.07, 6.45) is 1.49. The van der Waals surface area contributed by atoms with Crippen molar-refractivity contribution < 1.29 is 14.3 Å². The number of Topliss-reactive ketones (excluding diaryl/α,β-unsaturated/α-hetero) is 1. The lowest BCUT2D eigenvalue weighted by Gasteiger charge is -2.30. The monoisotopic (exact) mass is 300 g/mol. The number of hydrogen-bond acceptors (Lipinski definition) is 5. The Balaban J connectivity index is 1.83. The van der Waals surface area contributed by atoms with Crippen LogP contribution in [0.2, 0.25) is 0 Å². The summed E-state index contributed by atoms with van der Waals surface area (Å²) < 4.78 is 6.98. The second kappa shape index (κ2) is 5.59. The van der Waals surface area contributed by atoms with Crippen LogP contribution >= 0.6 is 0 Å². The number of aromatic nitrogens is 3. The van der Waals surface area contributed by atoms with Crippen molar-refractivity contribution in [2.75, 3.05) is 18.1 Å². The molecule has 7 heteroatoms. The average molecular weight is 300 g/mol. The Morgan fingerprint density at radius 1 is 1.36 bits per heavy atom. The van der Waals surface area contributed by atoms with Gasteiger partial charge in [-0.1, -0.05) is 17.3 Å². The first-order chi connectivity index (χ1) is 10.6. The topological polar surface area (TPSA) is 77.3 Å². The van der Waals surface area contributed by atoms with Crippen LogP contribution in [0.15, 0.2) is 24.4 Å². The lowest BCUT2D eigenvalue weighted by Crippen LogP contribution is -2.40. The minimum absolute atomic E-state index is 0.0358. The number of anilines is 1. The number of fused-ring (bicyclic) bond motifs is 1. The predicted molar refractivity (Wildman–Crippen MR) is 79.1 cm³/mol. The zero-order valence-electron chi connectivity index (χ0n) is 12.4. The molecule has 0 atom stereocenters. The molecule has 2 heterocycles. The van der Waals surface area contributed by atoms with Gasteiger partial charge in [-0.2, -0.15) is 0 Å². The van der Waals surface area contributed by atoms with E-state index in [-0.39, 0.29) is 23.9 Å². The van der Waals surface area contributed by atoms with E-state index in [0.29, 0.717) is 18.9 Å². The number of ether oxygens (including phenoxy) is 1. The SMILES string of the molecule is CC(=O)c1cn(CC(=O)N2CCOc3cccc(C)c32)nn1. The second-order valence-electron chi connectivity index (χ2n) is 5.17. The molecule has 0 saturated heterocycles. The summed E-state index contributed by atoms with van der Waals surface area (Å²) in [5.74, 6) is 0.424. The number of aryl methyl sites for hydroxylation is 1. The highest BCUT2D eigenvalue weighted by atomic mass is 16.5. The van der Waals surface area contributed by atoms with E-state index in [1.54, 1.807) is 4.90 Å². The zero-order valence-corrected chi connectivity index (χ0v) is 12.4. The Morgan fingerprint density at radius 2 is 2.18 bits per heavy atom. The summed E-state index contributed by atoms with van der Waals surface area (Å²) in [7, 11) is 0. The van der Waals surface area contributed by atoms with Crippen LogP contribution in [0.3, 0.4) is 0 Å². The summed E-state index contributed by atoms with van der Waals surface area (Å²) in [4.78, 5) is 25.5. The second-order valence-corrected chi connectivity index (χ2v) is 5.17. The van der Waals surface area contributed by atoms with Gasteiger partial charge >= 0.3 is 0 Å². The van der Waals surface area contributed by atoms with Crippen LogP contribution in [0.1, 0.15) is 23.0 Å². The molecule has 1 aliphatic heterocycles. The first kappa shape index (κ1) is 14.2. The number of rotatable bonds is 3. The summed E-state index contributed by atoms with van der Waals surface area (Å²) >= 11 is 0. The molecule has 1 aromatic carbocycles. The van der Waals surface area contributed by atoms with Gasteiger partial charge in [0.05, 0.1) is 18.4 Å². The number of amides is 1. The third kappa shape index (κ3) is 2.57. The average Bonchev–Trinajstić information content (AvgIpc) is 2.96. The molecule has 0 N–H and O–H groups in total. The third-order valence-electron chi connectivity index (χ3n) is 3.54. The fourth-order valence-electron chi connectivity index (χ4n) is 2.46. The van der Waals surface area contributed by atoms with Crippen LogP contribution in [-0.2, 0) is 11.3 Å². The number of nitrogens with zero attached hydrogens (tertiary/aromatic N) is 4. The van der Waals surface area contributed by atoms with Crippen molar-refractivity contribution >= 4 is 17.4 Å². The molecule has 0 saturated carbocycles. The van der Waals surface area contributed by atoms with Crippen molar-refractivity contribution in [3.05, 3.63) is 35.7 Å². The Kier molecular flexibility index (Phi) is 3.62. The van der Waals surface area contributed by atoms with Crippen LogP contribution in [0, 0.1) is 6.92 Å².